The lowest BCUT2D eigenvalue weighted by Crippen LogP contribution is -2.18. The van der Waals surface area contributed by atoms with Crippen molar-refractivity contribution in [2.45, 2.75) is 31.4 Å². The summed E-state index contributed by atoms with van der Waals surface area (Å²) in [6.45, 7) is 0.207. The van der Waals surface area contributed by atoms with Gasteiger partial charge in [-0.2, -0.15) is 0 Å². The topological polar surface area (TPSA) is 85.6 Å². The first-order chi connectivity index (χ1) is 11.7. The molecular weight excluding hydrogens is 299 g/mol. The smallest absolute Gasteiger partial charge is 0.267 e. The number of nitrogens with one attached hydrogen (secondary N) is 1. The fourth-order valence-electron chi connectivity index (χ4n) is 3.52. The van der Waals surface area contributed by atoms with Crippen LogP contribution in [0, 0.1) is 11.2 Å². The molecule has 2 N–H and O–H groups in total. The Morgan fingerprint density at radius 2 is 1.96 bits per heavy atom. The summed E-state index contributed by atoms with van der Waals surface area (Å²) in [4.78, 5) is 3.46. The molecule has 1 aliphatic rings. The molecule has 0 saturated carbocycles. The van der Waals surface area contributed by atoms with Crippen molar-refractivity contribution in [3.8, 4) is 23.0 Å². The molecule has 1 saturated heterocycles. The number of aromatic nitrogens is 3. The number of phenolic OH excluding ortho intramolecular Hbond substituents is 1. The van der Waals surface area contributed by atoms with Gasteiger partial charge in [0.1, 0.15) is 11.3 Å². The molecule has 0 unspecified atom stereocenters. The number of aromatic amines is 1. The summed E-state index contributed by atoms with van der Waals surface area (Å²) < 4.78 is 0. The van der Waals surface area contributed by atoms with Crippen molar-refractivity contribution < 1.29 is 5.11 Å². The van der Waals surface area contributed by atoms with E-state index in [1.165, 1.54) is 5.69 Å². The first-order valence-corrected chi connectivity index (χ1v) is 8.29. The van der Waals surface area contributed by atoms with Crippen molar-refractivity contribution in [1.82, 2.24) is 15.2 Å². The van der Waals surface area contributed by atoms with Crippen LogP contribution in [0.1, 0.15) is 24.5 Å². The van der Waals surface area contributed by atoms with Crippen LogP contribution in [0.15, 0.2) is 36.4 Å². The van der Waals surface area contributed by atoms with E-state index in [-0.39, 0.29) is 12.5 Å². The standard InChI is InChI=1S/C18H17BN4O/c20-11-19-7-5-12(6-8-19)14-9-17-16(21-14)10-15(22-23-17)13-3-1-2-4-18(13)24/h1-4,9-10,12,21,24H,5-8H2. The number of aromatic hydroxyl groups is 1. The van der Waals surface area contributed by atoms with E-state index in [0.717, 1.165) is 36.5 Å². The van der Waals surface area contributed by atoms with E-state index in [1.807, 2.05) is 18.2 Å². The third-order valence-corrected chi connectivity index (χ3v) is 4.92. The molecule has 4 rings (SSSR count). The number of nitriles is 1. The Balaban J connectivity index is 1.65. The van der Waals surface area contributed by atoms with Crippen molar-refractivity contribution in [1.29, 1.82) is 5.26 Å². The van der Waals surface area contributed by atoms with Crippen LogP contribution < -0.4 is 0 Å². The minimum Gasteiger partial charge on any atom is -0.507 e. The normalized spacial score (nSPS) is 15.5. The van der Waals surface area contributed by atoms with Crippen LogP contribution in [0.4, 0.5) is 0 Å². The summed E-state index contributed by atoms with van der Waals surface area (Å²) >= 11 is 0. The van der Waals surface area contributed by atoms with Gasteiger partial charge in [0.2, 0.25) is 0 Å². The Morgan fingerprint density at radius 3 is 2.71 bits per heavy atom. The second kappa shape index (κ2) is 6.01. The molecule has 1 aromatic carbocycles. The Labute approximate surface area is 140 Å². The highest BCUT2D eigenvalue weighted by molar-refractivity contribution is 6.67. The Morgan fingerprint density at radius 1 is 1.17 bits per heavy atom. The van der Waals surface area contributed by atoms with E-state index in [0.29, 0.717) is 17.2 Å². The molecule has 0 aliphatic carbocycles. The van der Waals surface area contributed by atoms with Crippen molar-refractivity contribution >= 4 is 17.7 Å². The van der Waals surface area contributed by atoms with Gasteiger partial charge in [0, 0.05) is 17.2 Å². The molecule has 1 aliphatic heterocycles. The third-order valence-electron chi connectivity index (χ3n) is 4.92. The number of para-hydroxylation sites is 1. The van der Waals surface area contributed by atoms with Crippen molar-refractivity contribution in [2.24, 2.45) is 0 Å². The fourth-order valence-corrected chi connectivity index (χ4v) is 3.52. The summed E-state index contributed by atoms with van der Waals surface area (Å²) in [5.41, 5.74) is 4.28. The van der Waals surface area contributed by atoms with Gasteiger partial charge in [0.05, 0.1) is 11.2 Å². The van der Waals surface area contributed by atoms with Gasteiger partial charge >= 0.3 is 0 Å². The summed E-state index contributed by atoms with van der Waals surface area (Å²) in [6.07, 6.45) is 3.99. The van der Waals surface area contributed by atoms with E-state index in [4.69, 9.17) is 5.26 Å². The molecule has 6 heteroatoms. The minimum absolute atomic E-state index is 0.202. The lowest BCUT2D eigenvalue weighted by molar-refractivity contribution is 0.477. The van der Waals surface area contributed by atoms with Gasteiger partial charge in [-0.15, -0.1) is 10.2 Å². The van der Waals surface area contributed by atoms with Gasteiger partial charge in [0.15, 0.2) is 0 Å². The maximum absolute atomic E-state index is 9.99. The summed E-state index contributed by atoms with van der Waals surface area (Å²) in [6, 6.07) is 11.1. The first kappa shape index (κ1) is 14.8. The number of H-pyrrole nitrogens is 1. The van der Waals surface area contributed by atoms with Crippen LogP contribution in [-0.4, -0.2) is 27.0 Å². The third kappa shape index (κ3) is 2.63. The lowest BCUT2D eigenvalue weighted by atomic mass is 9.41. The van der Waals surface area contributed by atoms with Gasteiger partial charge in [-0.1, -0.05) is 37.6 Å². The van der Waals surface area contributed by atoms with Gasteiger partial charge in [0.25, 0.3) is 6.71 Å². The molecule has 118 valence electrons. The molecule has 5 nitrogen and oxygen atoms in total. The fraction of sp³-hybridized carbons (Fsp3) is 0.278. The van der Waals surface area contributed by atoms with E-state index < -0.39 is 0 Å². The average Bonchev–Trinajstić information content (AvgIpc) is 3.05. The Bertz CT molecular complexity index is 922. The summed E-state index contributed by atoms with van der Waals surface area (Å²) in [5, 5.41) is 27.6. The summed E-state index contributed by atoms with van der Waals surface area (Å²) in [5.74, 6) is 3.03. The largest absolute Gasteiger partial charge is 0.507 e. The van der Waals surface area contributed by atoms with E-state index >= 15 is 0 Å². The number of phenols is 1. The quantitative estimate of drug-likeness (QED) is 0.705. The molecular formula is C18H17BN4O. The van der Waals surface area contributed by atoms with Crippen molar-refractivity contribution in [3.63, 3.8) is 0 Å². The monoisotopic (exact) mass is 316 g/mol. The van der Waals surface area contributed by atoms with Crippen LogP contribution >= 0.6 is 0 Å². The minimum atomic E-state index is 0.202. The highest BCUT2D eigenvalue weighted by Crippen LogP contribution is 2.35. The van der Waals surface area contributed by atoms with Crippen molar-refractivity contribution in [2.75, 3.05) is 0 Å². The van der Waals surface area contributed by atoms with E-state index in [2.05, 4.69) is 27.2 Å². The van der Waals surface area contributed by atoms with Gasteiger partial charge in [-0.05, 0) is 30.2 Å². The van der Waals surface area contributed by atoms with Crippen LogP contribution in [0.2, 0.25) is 12.6 Å². The average molecular weight is 316 g/mol. The first-order valence-electron chi connectivity index (χ1n) is 8.29. The molecule has 0 bridgehead atoms. The van der Waals surface area contributed by atoms with Gasteiger partial charge in [-0.3, -0.25) is 0 Å². The Hall–Kier alpha value is -2.81. The number of nitrogens with zero attached hydrogens (tertiary/aromatic N) is 3. The Kier molecular flexibility index (Phi) is 3.70. The zero-order chi connectivity index (χ0) is 16.5. The number of hydrogen-bond donors (Lipinski definition) is 2. The molecule has 0 atom stereocenters. The van der Waals surface area contributed by atoms with Crippen LogP contribution in [0.3, 0.4) is 0 Å². The second-order valence-electron chi connectivity index (χ2n) is 6.45. The van der Waals surface area contributed by atoms with Crippen LogP contribution in [0.25, 0.3) is 22.3 Å². The highest BCUT2D eigenvalue weighted by atomic mass is 16.3. The second-order valence-corrected chi connectivity index (χ2v) is 6.45. The number of fused-ring (bicyclic) bond motifs is 1. The molecule has 3 aromatic rings. The lowest BCUT2D eigenvalue weighted by Gasteiger charge is -2.21. The highest BCUT2D eigenvalue weighted by Gasteiger charge is 2.26. The SMILES string of the molecule is N#CB1CCC(c2cc3nnc(-c4ccccc4O)cc3[nH]2)CC1. The van der Waals surface area contributed by atoms with Crippen LogP contribution in [0.5, 0.6) is 5.75 Å². The van der Waals surface area contributed by atoms with E-state index in [1.54, 1.807) is 12.1 Å². The molecule has 24 heavy (non-hydrogen) atoms. The molecule has 0 radical (unpaired) electrons. The number of hydrogen-bond acceptors (Lipinski definition) is 4. The number of benzene rings is 1. The molecule has 1 fully saturated rings. The number of rotatable bonds is 2. The van der Waals surface area contributed by atoms with Crippen LogP contribution in [-0.2, 0) is 0 Å². The predicted molar refractivity (Wildman–Crippen MR) is 93.9 cm³/mol. The molecule has 0 amide bonds. The zero-order valence-corrected chi connectivity index (χ0v) is 13.2. The molecule has 0 spiro atoms. The van der Waals surface area contributed by atoms with Gasteiger partial charge in [-0.25, -0.2) is 5.26 Å². The maximum Gasteiger partial charge on any atom is 0.267 e. The summed E-state index contributed by atoms with van der Waals surface area (Å²) in [7, 11) is 0. The molecule has 2 aromatic heterocycles. The zero-order valence-electron chi connectivity index (χ0n) is 13.2. The molecule has 3 heterocycles. The van der Waals surface area contributed by atoms with E-state index in [9.17, 15) is 5.11 Å². The van der Waals surface area contributed by atoms with Gasteiger partial charge < -0.3 is 10.1 Å². The maximum atomic E-state index is 9.99. The predicted octanol–water partition coefficient (Wildman–Crippen LogP) is 3.77. The van der Waals surface area contributed by atoms with Crippen molar-refractivity contribution in [3.05, 3.63) is 42.1 Å².